The second-order valence-electron chi connectivity index (χ2n) is 9.66. The molecule has 0 bridgehead atoms. The second-order valence-corrected chi connectivity index (χ2v) is 10.1. The van der Waals surface area contributed by atoms with E-state index >= 15 is 0 Å². The van der Waals surface area contributed by atoms with E-state index in [4.69, 9.17) is 35.6 Å². The van der Waals surface area contributed by atoms with Crippen molar-refractivity contribution in [1.82, 2.24) is 34.6 Å². The van der Waals surface area contributed by atoms with Crippen LogP contribution in [0.3, 0.4) is 0 Å². The van der Waals surface area contributed by atoms with Crippen LogP contribution in [-0.2, 0) is 21.6 Å². The van der Waals surface area contributed by atoms with Crippen molar-refractivity contribution >= 4 is 22.8 Å². The smallest absolute Gasteiger partial charge is 0.374 e. The van der Waals surface area contributed by atoms with Gasteiger partial charge in [0.05, 0.1) is 18.2 Å². The van der Waals surface area contributed by atoms with Crippen LogP contribution < -0.4 is 5.76 Å². The number of aromatic amines is 1. The summed E-state index contributed by atoms with van der Waals surface area (Å²) in [6, 6.07) is 1.79. The van der Waals surface area contributed by atoms with Crippen molar-refractivity contribution in [3.8, 4) is 22.9 Å². The Balaban J connectivity index is 1.57. The molecule has 11 nitrogen and oxygen atoms in total. The fourth-order valence-corrected chi connectivity index (χ4v) is 5.40. The highest BCUT2D eigenvalue weighted by molar-refractivity contribution is 6.30. The Morgan fingerprint density at radius 2 is 2.05 bits per heavy atom. The standard InChI is InChI=1S/C25H26ClN7O4/c1-3-14-4-6-15(7-5-14)11-33-19-18(16-8-17(26)10-27-9-16)28-21(22-31-24(34)37-32-22)29-20(19)30-23(33)25(35-2)12-36-13-25/h3,8-10,14-15H,1,4-7,11-13H2,2H3,(H,31,32,34)/t14-,15-. The molecule has 1 aliphatic carbocycles. The van der Waals surface area contributed by atoms with Crippen LogP contribution in [0.25, 0.3) is 34.1 Å². The molecule has 0 spiro atoms. The SMILES string of the molecule is C=C[C@H]1CC[C@H](Cn2c(C3(OC)COC3)nc3nc(-c4noc(=O)[nH]4)nc(-c4cncc(Cl)c4)c32)CC1. The Kier molecular flexibility index (Phi) is 6.13. The number of fused-ring (bicyclic) bond motifs is 1. The largest absolute Gasteiger partial charge is 0.439 e. The van der Waals surface area contributed by atoms with E-state index in [2.05, 4.69) is 37.3 Å². The Hall–Kier alpha value is -3.41. The number of allylic oxidation sites excluding steroid dienone is 1. The first-order chi connectivity index (χ1) is 18.0. The summed E-state index contributed by atoms with van der Waals surface area (Å²) in [5.41, 5.74) is 1.76. The molecule has 1 N–H and O–H groups in total. The van der Waals surface area contributed by atoms with Crippen LogP contribution in [0.15, 0.2) is 40.4 Å². The van der Waals surface area contributed by atoms with Crippen molar-refractivity contribution in [2.75, 3.05) is 20.3 Å². The topological polar surface area (TPSA) is 134 Å². The molecule has 4 aromatic rings. The Morgan fingerprint density at radius 3 is 2.68 bits per heavy atom. The third-order valence-electron chi connectivity index (χ3n) is 7.37. The van der Waals surface area contributed by atoms with Gasteiger partial charge >= 0.3 is 5.76 Å². The van der Waals surface area contributed by atoms with Crippen molar-refractivity contribution in [1.29, 1.82) is 0 Å². The van der Waals surface area contributed by atoms with Gasteiger partial charge in [0.1, 0.15) is 17.0 Å². The van der Waals surface area contributed by atoms with Gasteiger partial charge in [-0.3, -0.25) is 14.5 Å². The van der Waals surface area contributed by atoms with Gasteiger partial charge in [0, 0.05) is 31.6 Å². The maximum atomic E-state index is 11.6. The molecule has 2 fully saturated rings. The average molecular weight is 524 g/mol. The predicted molar refractivity (Wildman–Crippen MR) is 135 cm³/mol. The van der Waals surface area contributed by atoms with Crippen LogP contribution in [0.1, 0.15) is 31.5 Å². The molecule has 2 aliphatic rings. The number of nitrogens with one attached hydrogen (secondary N) is 1. The third kappa shape index (κ3) is 4.26. The Labute approximate surface area is 216 Å². The van der Waals surface area contributed by atoms with E-state index in [1.807, 2.05) is 0 Å². The molecule has 0 amide bonds. The molecule has 0 radical (unpaired) electrons. The lowest BCUT2D eigenvalue weighted by Crippen LogP contribution is -2.50. The number of H-pyrrole nitrogens is 1. The first-order valence-electron chi connectivity index (χ1n) is 12.2. The van der Waals surface area contributed by atoms with Crippen LogP contribution in [0, 0.1) is 11.8 Å². The lowest BCUT2D eigenvalue weighted by atomic mass is 9.82. The molecule has 37 heavy (non-hydrogen) atoms. The number of pyridine rings is 1. The van der Waals surface area contributed by atoms with E-state index in [0.717, 1.165) is 43.6 Å². The molecular formula is C25H26ClN7O4. The quantitative estimate of drug-likeness (QED) is 0.359. The minimum atomic E-state index is -0.698. The lowest BCUT2D eigenvalue weighted by molar-refractivity contribution is -0.208. The molecule has 12 heteroatoms. The molecule has 0 unspecified atom stereocenters. The number of methoxy groups -OCH3 is 1. The highest BCUT2D eigenvalue weighted by Crippen LogP contribution is 2.39. The minimum absolute atomic E-state index is 0.107. The van der Waals surface area contributed by atoms with Crippen LogP contribution >= 0.6 is 11.6 Å². The van der Waals surface area contributed by atoms with E-state index in [-0.39, 0.29) is 11.6 Å². The second kappa shape index (κ2) is 9.47. The molecule has 1 aliphatic heterocycles. The highest BCUT2D eigenvalue weighted by atomic mass is 35.5. The van der Waals surface area contributed by atoms with Gasteiger partial charge in [-0.15, -0.1) is 6.58 Å². The maximum Gasteiger partial charge on any atom is 0.439 e. The number of rotatable bonds is 7. The number of hydrogen-bond acceptors (Lipinski definition) is 9. The summed E-state index contributed by atoms with van der Waals surface area (Å²) in [5, 5.41) is 4.25. The number of hydrogen-bond donors (Lipinski definition) is 1. The van der Waals surface area contributed by atoms with Crippen LogP contribution in [-0.4, -0.2) is 55.0 Å². The summed E-state index contributed by atoms with van der Waals surface area (Å²) in [6.45, 7) is 5.48. The number of ether oxygens (including phenoxy) is 2. The zero-order valence-corrected chi connectivity index (χ0v) is 21.1. The summed E-state index contributed by atoms with van der Waals surface area (Å²) in [5.74, 6) is 1.32. The molecule has 6 rings (SSSR count). The predicted octanol–water partition coefficient (Wildman–Crippen LogP) is 3.75. The van der Waals surface area contributed by atoms with E-state index < -0.39 is 11.4 Å². The Morgan fingerprint density at radius 1 is 1.24 bits per heavy atom. The van der Waals surface area contributed by atoms with Gasteiger partial charge < -0.3 is 14.0 Å². The lowest BCUT2D eigenvalue weighted by Gasteiger charge is -2.40. The van der Waals surface area contributed by atoms with Crippen molar-refractivity contribution in [2.45, 2.75) is 37.8 Å². The average Bonchev–Trinajstić information content (AvgIpc) is 3.48. The maximum absolute atomic E-state index is 11.6. The van der Waals surface area contributed by atoms with Crippen LogP contribution in [0.5, 0.6) is 0 Å². The fraction of sp³-hybridized carbons (Fsp3) is 0.440. The van der Waals surface area contributed by atoms with Gasteiger partial charge in [0.25, 0.3) is 0 Å². The number of aromatic nitrogens is 7. The van der Waals surface area contributed by atoms with Gasteiger partial charge in [0.15, 0.2) is 11.2 Å². The van der Waals surface area contributed by atoms with Crippen molar-refractivity contribution < 1.29 is 14.0 Å². The molecule has 1 saturated carbocycles. The minimum Gasteiger partial charge on any atom is -0.374 e. The fourth-order valence-electron chi connectivity index (χ4n) is 5.23. The highest BCUT2D eigenvalue weighted by Gasteiger charge is 2.46. The summed E-state index contributed by atoms with van der Waals surface area (Å²) < 4.78 is 18.4. The van der Waals surface area contributed by atoms with Crippen LogP contribution in [0.2, 0.25) is 5.02 Å². The summed E-state index contributed by atoms with van der Waals surface area (Å²) in [6.07, 6.45) is 9.70. The number of nitrogens with zero attached hydrogens (tertiary/aromatic N) is 6. The van der Waals surface area contributed by atoms with E-state index in [9.17, 15) is 4.79 Å². The van der Waals surface area contributed by atoms with Crippen LogP contribution in [0.4, 0.5) is 0 Å². The third-order valence-corrected chi connectivity index (χ3v) is 7.57. The monoisotopic (exact) mass is 523 g/mol. The van der Waals surface area contributed by atoms with Gasteiger partial charge in [-0.25, -0.2) is 19.7 Å². The summed E-state index contributed by atoms with van der Waals surface area (Å²) >= 11 is 6.31. The molecule has 0 aromatic carbocycles. The van der Waals surface area contributed by atoms with Crippen molar-refractivity contribution in [2.24, 2.45) is 11.8 Å². The molecule has 5 heterocycles. The van der Waals surface area contributed by atoms with Crippen molar-refractivity contribution in [3.05, 3.63) is 52.5 Å². The van der Waals surface area contributed by atoms with Gasteiger partial charge in [0.2, 0.25) is 11.6 Å². The number of imidazole rings is 1. The van der Waals surface area contributed by atoms with E-state index in [1.165, 1.54) is 0 Å². The zero-order valence-electron chi connectivity index (χ0n) is 20.3. The van der Waals surface area contributed by atoms with Gasteiger partial charge in [-0.05, 0) is 43.6 Å². The zero-order chi connectivity index (χ0) is 25.6. The molecule has 1 saturated heterocycles. The first-order valence-corrected chi connectivity index (χ1v) is 12.6. The van der Waals surface area contributed by atoms with Crippen molar-refractivity contribution in [3.63, 3.8) is 0 Å². The van der Waals surface area contributed by atoms with Gasteiger partial charge in [-0.2, -0.15) is 0 Å². The van der Waals surface area contributed by atoms with Gasteiger partial charge in [-0.1, -0.05) is 22.8 Å². The van der Waals surface area contributed by atoms with E-state index in [0.29, 0.717) is 47.0 Å². The first kappa shape index (κ1) is 24.0. The summed E-state index contributed by atoms with van der Waals surface area (Å²) in [7, 11) is 1.67. The molecule has 0 atom stereocenters. The Bertz CT molecular complexity index is 1510. The summed E-state index contributed by atoms with van der Waals surface area (Å²) in [4.78, 5) is 32.9. The van der Waals surface area contributed by atoms with E-state index in [1.54, 1.807) is 25.6 Å². The number of halogens is 1. The normalized spacial score (nSPS) is 21.1. The molecule has 192 valence electrons. The molecular weight excluding hydrogens is 498 g/mol. The molecule has 4 aromatic heterocycles.